The van der Waals surface area contributed by atoms with Crippen LogP contribution in [0.5, 0.6) is 0 Å². The summed E-state index contributed by atoms with van der Waals surface area (Å²) in [5, 5.41) is 10.2. The van der Waals surface area contributed by atoms with Gasteiger partial charge in [-0.2, -0.15) is 0 Å². The van der Waals surface area contributed by atoms with Gasteiger partial charge in [-0.1, -0.05) is 30.9 Å². The molecule has 1 N–H and O–H groups in total. The molecular formula is C7H13NOS2. The smallest absolute Gasteiger partial charge is 0.150 e. The van der Waals surface area contributed by atoms with E-state index >= 15 is 0 Å². The first-order valence-electron chi connectivity index (χ1n) is 3.69. The van der Waals surface area contributed by atoms with Crippen LogP contribution >= 0.6 is 24.0 Å². The summed E-state index contributed by atoms with van der Waals surface area (Å²) >= 11 is 6.63. The first-order valence-corrected chi connectivity index (χ1v) is 4.98. The number of nitrogens with zero attached hydrogens (tertiary/aromatic N) is 1. The van der Waals surface area contributed by atoms with Crippen molar-refractivity contribution in [1.29, 1.82) is 0 Å². The minimum Gasteiger partial charge on any atom is -0.370 e. The average molecular weight is 191 g/mol. The molecule has 1 saturated heterocycles. The zero-order valence-electron chi connectivity index (χ0n) is 7.00. The summed E-state index contributed by atoms with van der Waals surface area (Å²) in [6, 6.07) is 0. The van der Waals surface area contributed by atoms with E-state index in [9.17, 15) is 5.11 Å². The number of rotatable bonds is 1. The highest BCUT2D eigenvalue weighted by atomic mass is 32.2. The second kappa shape index (κ2) is 2.92. The predicted octanol–water partition coefficient (Wildman–Crippen LogP) is 1.44. The molecule has 0 aromatic carbocycles. The van der Waals surface area contributed by atoms with Gasteiger partial charge in [0.1, 0.15) is 10.0 Å². The van der Waals surface area contributed by atoms with Crippen molar-refractivity contribution < 1.29 is 5.11 Å². The molecular weight excluding hydrogens is 178 g/mol. The molecule has 64 valence electrons. The Hall–Kier alpha value is 0.200. The van der Waals surface area contributed by atoms with Crippen LogP contribution in [-0.4, -0.2) is 32.3 Å². The molecule has 0 saturated carbocycles. The van der Waals surface area contributed by atoms with Crippen molar-refractivity contribution in [3.63, 3.8) is 0 Å². The normalized spacial score (nSPS) is 38.4. The SMILES string of the molecule is CCC1(O)C(C)SC(=S)N1C. The van der Waals surface area contributed by atoms with Crippen LogP contribution in [0.4, 0.5) is 0 Å². The number of hydrogen-bond donors (Lipinski definition) is 1. The van der Waals surface area contributed by atoms with Crippen LogP contribution in [-0.2, 0) is 0 Å². The Morgan fingerprint density at radius 2 is 2.36 bits per heavy atom. The number of thioether (sulfide) groups is 1. The lowest BCUT2D eigenvalue weighted by Gasteiger charge is -2.32. The molecule has 0 radical (unpaired) electrons. The summed E-state index contributed by atoms with van der Waals surface area (Å²) in [5.41, 5.74) is -0.720. The van der Waals surface area contributed by atoms with Crippen LogP contribution < -0.4 is 0 Å². The van der Waals surface area contributed by atoms with Gasteiger partial charge in [0.2, 0.25) is 0 Å². The standard InChI is InChI=1S/C7H13NOS2/c1-4-7(9)5(2)11-6(10)8(7)3/h5,9H,4H2,1-3H3. The van der Waals surface area contributed by atoms with Crippen molar-refractivity contribution in [3.05, 3.63) is 0 Å². The van der Waals surface area contributed by atoms with Gasteiger partial charge in [0.25, 0.3) is 0 Å². The summed E-state index contributed by atoms with van der Waals surface area (Å²) in [5.74, 6) is 0. The molecule has 1 heterocycles. The van der Waals surface area contributed by atoms with Crippen LogP contribution in [0.3, 0.4) is 0 Å². The summed E-state index contributed by atoms with van der Waals surface area (Å²) in [6.45, 7) is 3.98. The fourth-order valence-corrected chi connectivity index (χ4v) is 3.00. The molecule has 4 heteroatoms. The molecule has 1 aliphatic heterocycles. The lowest BCUT2D eigenvalue weighted by molar-refractivity contribution is -0.0505. The van der Waals surface area contributed by atoms with Gasteiger partial charge in [0, 0.05) is 7.05 Å². The second-order valence-electron chi connectivity index (χ2n) is 2.82. The van der Waals surface area contributed by atoms with E-state index in [4.69, 9.17) is 12.2 Å². The van der Waals surface area contributed by atoms with E-state index in [1.807, 2.05) is 20.9 Å². The van der Waals surface area contributed by atoms with Crippen LogP contribution in [0.15, 0.2) is 0 Å². The highest BCUT2D eigenvalue weighted by Gasteiger charge is 2.44. The molecule has 0 aliphatic carbocycles. The fraction of sp³-hybridized carbons (Fsp3) is 0.857. The Bertz CT molecular complexity index is 185. The fourth-order valence-electron chi connectivity index (χ4n) is 1.28. The zero-order chi connectivity index (χ0) is 8.65. The van der Waals surface area contributed by atoms with E-state index in [2.05, 4.69) is 0 Å². The molecule has 1 fully saturated rings. The molecule has 2 atom stereocenters. The minimum atomic E-state index is -0.720. The molecule has 0 amide bonds. The Morgan fingerprint density at radius 3 is 2.55 bits per heavy atom. The molecule has 1 rings (SSSR count). The van der Waals surface area contributed by atoms with Gasteiger partial charge in [-0.25, -0.2) is 0 Å². The van der Waals surface area contributed by atoms with Gasteiger partial charge >= 0.3 is 0 Å². The van der Waals surface area contributed by atoms with E-state index in [1.165, 1.54) is 0 Å². The molecule has 11 heavy (non-hydrogen) atoms. The minimum absolute atomic E-state index is 0.185. The highest BCUT2D eigenvalue weighted by Crippen LogP contribution is 2.38. The van der Waals surface area contributed by atoms with Crippen molar-refractivity contribution >= 4 is 28.3 Å². The van der Waals surface area contributed by atoms with Gasteiger partial charge < -0.3 is 10.0 Å². The summed E-state index contributed by atoms with van der Waals surface area (Å²) in [7, 11) is 1.85. The van der Waals surface area contributed by atoms with E-state index in [0.29, 0.717) is 0 Å². The molecule has 2 unspecified atom stereocenters. The summed E-state index contributed by atoms with van der Waals surface area (Å²) < 4.78 is 0.793. The molecule has 0 aromatic heterocycles. The van der Waals surface area contributed by atoms with Crippen molar-refractivity contribution in [2.45, 2.75) is 31.2 Å². The van der Waals surface area contributed by atoms with Gasteiger partial charge in [-0.05, 0) is 13.3 Å². The van der Waals surface area contributed by atoms with Crippen LogP contribution in [0.25, 0.3) is 0 Å². The molecule has 0 spiro atoms. The first kappa shape index (κ1) is 9.29. The average Bonchev–Trinajstić information content (AvgIpc) is 2.16. The highest BCUT2D eigenvalue weighted by molar-refractivity contribution is 8.23. The van der Waals surface area contributed by atoms with E-state index in [-0.39, 0.29) is 5.25 Å². The summed E-state index contributed by atoms with van der Waals surface area (Å²) in [6.07, 6.45) is 0.720. The van der Waals surface area contributed by atoms with Gasteiger partial charge in [-0.15, -0.1) is 0 Å². The van der Waals surface area contributed by atoms with Crippen molar-refractivity contribution in [3.8, 4) is 0 Å². The van der Waals surface area contributed by atoms with E-state index in [1.54, 1.807) is 16.7 Å². The number of hydrogen-bond acceptors (Lipinski definition) is 3. The van der Waals surface area contributed by atoms with Crippen LogP contribution in [0, 0.1) is 0 Å². The first-order chi connectivity index (χ1) is 5.02. The Labute approximate surface area is 77.0 Å². The topological polar surface area (TPSA) is 23.5 Å². The van der Waals surface area contributed by atoms with Gasteiger partial charge in [-0.3, -0.25) is 0 Å². The monoisotopic (exact) mass is 191 g/mol. The predicted molar refractivity (Wildman–Crippen MR) is 52.7 cm³/mol. The lowest BCUT2D eigenvalue weighted by atomic mass is 10.1. The quantitative estimate of drug-likeness (QED) is 0.634. The van der Waals surface area contributed by atoms with Gasteiger partial charge in [0.15, 0.2) is 0 Å². The summed E-state index contributed by atoms with van der Waals surface area (Å²) in [4.78, 5) is 1.79. The van der Waals surface area contributed by atoms with Crippen molar-refractivity contribution in [2.75, 3.05) is 7.05 Å². The maximum atomic E-state index is 10.0. The molecule has 2 nitrogen and oxygen atoms in total. The lowest BCUT2D eigenvalue weighted by Crippen LogP contribution is -2.47. The third-order valence-corrected chi connectivity index (χ3v) is 4.07. The molecule has 0 bridgehead atoms. The third-order valence-electron chi connectivity index (χ3n) is 2.30. The number of thiocarbonyl (C=S) groups is 1. The Balaban J connectivity index is 2.87. The Kier molecular flexibility index (Phi) is 2.46. The zero-order valence-corrected chi connectivity index (χ0v) is 8.63. The third kappa shape index (κ3) is 1.27. The van der Waals surface area contributed by atoms with Gasteiger partial charge in [0.05, 0.1) is 5.25 Å². The second-order valence-corrected chi connectivity index (χ2v) is 4.79. The van der Waals surface area contributed by atoms with Crippen LogP contribution in [0.2, 0.25) is 0 Å². The Morgan fingerprint density at radius 1 is 1.82 bits per heavy atom. The maximum absolute atomic E-state index is 10.0. The molecule has 0 aromatic rings. The van der Waals surface area contributed by atoms with Crippen LogP contribution in [0.1, 0.15) is 20.3 Å². The number of aliphatic hydroxyl groups is 1. The van der Waals surface area contributed by atoms with E-state index in [0.717, 1.165) is 10.7 Å². The largest absolute Gasteiger partial charge is 0.370 e. The van der Waals surface area contributed by atoms with Crippen molar-refractivity contribution in [2.24, 2.45) is 0 Å². The maximum Gasteiger partial charge on any atom is 0.150 e. The van der Waals surface area contributed by atoms with Crippen molar-refractivity contribution in [1.82, 2.24) is 4.90 Å². The van der Waals surface area contributed by atoms with E-state index < -0.39 is 5.72 Å². The molecule has 1 aliphatic rings.